The zero-order chi connectivity index (χ0) is 23.3. The third-order valence-corrected chi connectivity index (χ3v) is 6.81. The van der Waals surface area contributed by atoms with Crippen LogP contribution in [0.2, 0.25) is 5.02 Å². The molecule has 0 atom stereocenters. The van der Waals surface area contributed by atoms with Gasteiger partial charge in [-0.3, -0.25) is 0 Å². The van der Waals surface area contributed by atoms with Gasteiger partial charge in [0.1, 0.15) is 17.2 Å². The molecule has 0 bridgehead atoms. The number of nitrogen functional groups attached to an aromatic ring is 1. The molecule has 0 unspecified atom stereocenters. The monoisotopic (exact) mass is 492 g/mol. The Morgan fingerprint density at radius 1 is 1.27 bits per heavy atom. The second-order valence-electron chi connectivity index (χ2n) is 7.53. The number of hydrogen-bond donors (Lipinski definition) is 3. The van der Waals surface area contributed by atoms with Gasteiger partial charge in [-0.05, 0) is 18.2 Å². The zero-order valence-electron chi connectivity index (χ0n) is 17.4. The van der Waals surface area contributed by atoms with Crippen LogP contribution in [0.15, 0.2) is 18.2 Å². The second-order valence-corrected chi connectivity index (χ2v) is 8.97. The van der Waals surface area contributed by atoms with Crippen molar-refractivity contribution in [2.75, 3.05) is 44.0 Å². The molecule has 8 nitrogen and oxygen atoms in total. The lowest BCUT2D eigenvalue weighted by molar-refractivity contribution is 0.287. The minimum Gasteiger partial charge on any atom is -0.467 e. The number of ether oxygens (including phenoxy) is 1. The van der Waals surface area contributed by atoms with Crippen molar-refractivity contribution in [3.63, 3.8) is 0 Å². The summed E-state index contributed by atoms with van der Waals surface area (Å²) >= 11 is 7.57. The Kier molecular flexibility index (Phi) is 5.65. The number of anilines is 2. The second kappa shape index (κ2) is 8.49. The largest absolute Gasteiger partial charge is 0.467 e. The van der Waals surface area contributed by atoms with E-state index in [1.807, 2.05) is 4.90 Å². The van der Waals surface area contributed by atoms with E-state index in [0.29, 0.717) is 36.4 Å². The highest BCUT2D eigenvalue weighted by molar-refractivity contribution is 7.22. The average molecular weight is 493 g/mol. The van der Waals surface area contributed by atoms with Crippen molar-refractivity contribution >= 4 is 55.0 Å². The van der Waals surface area contributed by atoms with Gasteiger partial charge in [-0.25, -0.2) is 13.8 Å². The number of fused-ring (bicyclic) bond motifs is 2. The molecule has 0 aliphatic carbocycles. The van der Waals surface area contributed by atoms with E-state index in [2.05, 4.69) is 20.3 Å². The number of aromatic nitrogens is 3. The minimum atomic E-state index is -0.713. The molecule has 0 saturated carbocycles. The van der Waals surface area contributed by atoms with E-state index < -0.39 is 11.6 Å². The number of aliphatic hydroxyl groups excluding tert-OH is 1. The smallest absolute Gasteiger partial charge is 0.318 e. The molecular formula is C21H19ClF2N6O2S. The number of rotatable bonds is 6. The fraction of sp³-hybridized carbons (Fsp3) is 0.286. The van der Waals surface area contributed by atoms with Crippen molar-refractivity contribution in [2.24, 2.45) is 0 Å². The van der Waals surface area contributed by atoms with Gasteiger partial charge in [0.25, 0.3) is 0 Å². The van der Waals surface area contributed by atoms with Gasteiger partial charge in [0.15, 0.2) is 10.9 Å². The van der Waals surface area contributed by atoms with E-state index in [-0.39, 0.29) is 50.1 Å². The third-order valence-electron chi connectivity index (χ3n) is 5.62. The third kappa shape index (κ3) is 3.61. The van der Waals surface area contributed by atoms with Gasteiger partial charge in [0.2, 0.25) is 0 Å². The van der Waals surface area contributed by atoms with Crippen LogP contribution >= 0.6 is 22.9 Å². The lowest BCUT2D eigenvalue weighted by atomic mass is 10.0. The van der Waals surface area contributed by atoms with Gasteiger partial charge >= 0.3 is 6.01 Å². The molecule has 12 heteroatoms. The summed E-state index contributed by atoms with van der Waals surface area (Å²) in [6, 6.07) is 4.27. The maximum absolute atomic E-state index is 16.0. The molecule has 4 N–H and O–H groups in total. The van der Waals surface area contributed by atoms with Crippen molar-refractivity contribution in [3.8, 4) is 17.1 Å². The predicted molar refractivity (Wildman–Crippen MR) is 125 cm³/mol. The number of hydrogen-bond acceptors (Lipinski definition) is 9. The van der Waals surface area contributed by atoms with Crippen molar-refractivity contribution in [1.82, 2.24) is 20.3 Å². The number of halogens is 3. The SMILES string of the molecule is COc1nc(N(CCO)C2CNC2)c2cc(Cl)c(-c3ccc(F)c4sc(N)nc34)c(F)c2n1. The molecule has 0 amide bonds. The normalized spacial score (nSPS) is 14.1. The van der Waals surface area contributed by atoms with Crippen LogP contribution in [-0.2, 0) is 0 Å². The first-order valence-electron chi connectivity index (χ1n) is 10.1. The number of thiazole rings is 1. The summed E-state index contributed by atoms with van der Waals surface area (Å²) in [5.74, 6) is -0.804. The van der Waals surface area contributed by atoms with Crippen LogP contribution in [0.1, 0.15) is 0 Å². The Bertz CT molecular complexity index is 1380. The van der Waals surface area contributed by atoms with E-state index in [0.717, 1.165) is 11.3 Å². The highest BCUT2D eigenvalue weighted by Crippen LogP contribution is 2.42. The summed E-state index contributed by atoms with van der Waals surface area (Å²) in [5.41, 5.74) is 6.34. The Balaban J connectivity index is 1.78. The molecule has 1 fully saturated rings. The molecule has 0 spiro atoms. The number of nitrogens with zero attached hydrogens (tertiary/aromatic N) is 4. The number of aliphatic hydroxyl groups is 1. The van der Waals surface area contributed by atoms with Crippen LogP contribution in [-0.4, -0.2) is 59.5 Å². The summed E-state index contributed by atoms with van der Waals surface area (Å²) in [4.78, 5) is 14.8. The molecule has 172 valence electrons. The fourth-order valence-corrected chi connectivity index (χ4v) is 5.03. The fourth-order valence-electron chi connectivity index (χ4n) is 3.97. The zero-order valence-corrected chi connectivity index (χ0v) is 19.0. The topological polar surface area (TPSA) is 109 Å². The van der Waals surface area contributed by atoms with Crippen LogP contribution in [0.3, 0.4) is 0 Å². The summed E-state index contributed by atoms with van der Waals surface area (Å²) < 4.78 is 35.8. The van der Waals surface area contributed by atoms with Crippen molar-refractivity contribution in [2.45, 2.75) is 6.04 Å². The van der Waals surface area contributed by atoms with Gasteiger partial charge in [0.05, 0.1) is 35.0 Å². The highest BCUT2D eigenvalue weighted by Gasteiger charge is 2.29. The van der Waals surface area contributed by atoms with Gasteiger partial charge in [-0.15, -0.1) is 0 Å². The van der Waals surface area contributed by atoms with E-state index >= 15 is 4.39 Å². The van der Waals surface area contributed by atoms with Crippen LogP contribution in [0, 0.1) is 11.6 Å². The van der Waals surface area contributed by atoms with Gasteiger partial charge in [-0.1, -0.05) is 22.9 Å². The standard InChI is InChI=1S/C21H19ClF2N6O2S/c1-32-21-28-16-11(19(29-21)30(4-5-31)9-7-26-8-9)6-12(22)14(15(16)24)10-2-3-13(23)18-17(10)27-20(25)33-18/h2-3,6,9,26,31H,4-5,7-8H2,1H3,(H2,25,27). The molecule has 1 saturated heterocycles. The quantitative estimate of drug-likeness (QED) is 0.376. The van der Waals surface area contributed by atoms with Gasteiger partial charge < -0.3 is 25.8 Å². The Morgan fingerprint density at radius 2 is 2.06 bits per heavy atom. The van der Waals surface area contributed by atoms with Crippen molar-refractivity contribution in [1.29, 1.82) is 0 Å². The maximum Gasteiger partial charge on any atom is 0.318 e. The first-order chi connectivity index (χ1) is 15.9. The Labute approximate surface area is 196 Å². The van der Waals surface area contributed by atoms with E-state index in [9.17, 15) is 9.50 Å². The lowest BCUT2D eigenvalue weighted by Gasteiger charge is -2.39. The number of nitrogens with two attached hydrogens (primary N) is 1. The highest BCUT2D eigenvalue weighted by atomic mass is 35.5. The van der Waals surface area contributed by atoms with E-state index in [1.54, 1.807) is 6.07 Å². The number of benzene rings is 2. The van der Waals surface area contributed by atoms with Crippen LogP contribution in [0.25, 0.3) is 32.2 Å². The summed E-state index contributed by atoms with van der Waals surface area (Å²) in [7, 11) is 1.39. The molecule has 4 aromatic rings. The van der Waals surface area contributed by atoms with Crippen LogP contribution in [0.5, 0.6) is 6.01 Å². The maximum atomic E-state index is 16.0. The van der Waals surface area contributed by atoms with Gasteiger partial charge in [0, 0.05) is 36.1 Å². The molecule has 2 aromatic carbocycles. The Morgan fingerprint density at radius 3 is 2.73 bits per heavy atom. The molecule has 3 heterocycles. The van der Waals surface area contributed by atoms with Crippen LogP contribution < -0.4 is 20.7 Å². The molecule has 0 radical (unpaired) electrons. The number of nitrogens with one attached hydrogen (secondary N) is 1. The molecule has 33 heavy (non-hydrogen) atoms. The average Bonchev–Trinajstić information content (AvgIpc) is 3.16. The first-order valence-corrected chi connectivity index (χ1v) is 11.3. The molecular weight excluding hydrogens is 474 g/mol. The summed E-state index contributed by atoms with van der Waals surface area (Å²) in [6.07, 6.45) is 0. The van der Waals surface area contributed by atoms with Crippen LogP contribution in [0.4, 0.5) is 19.7 Å². The molecule has 5 rings (SSSR count). The minimum absolute atomic E-state index is 0.00727. The predicted octanol–water partition coefficient (Wildman–Crippen LogP) is 3.20. The molecule has 2 aromatic heterocycles. The summed E-state index contributed by atoms with van der Waals surface area (Å²) in [6.45, 7) is 1.57. The molecule has 1 aliphatic heterocycles. The van der Waals surface area contributed by atoms with E-state index in [4.69, 9.17) is 22.1 Å². The lowest BCUT2D eigenvalue weighted by Crippen LogP contribution is -2.58. The van der Waals surface area contributed by atoms with Gasteiger partial charge in [-0.2, -0.15) is 9.97 Å². The van der Waals surface area contributed by atoms with Crippen molar-refractivity contribution in [3.05, 3.63) is 34.9 Å². The van der Waals surface area contributed by atoms with E-state index in [1.165, 1.54) is 19.2 Å². The molecule has 1 aliphatic rings. The number of methoxy groups -OCH3 is 1. The Hall–Kier alpha value is -2.86. The van der Waals surface area contributed by atoms with Crippen molar-refractivity contribution < 1.29 is 18.6 Å². The summed E-state index contributed by atoms with van der Waals surface area (Å²) in [5, 5.41) is 13.4. The first kappa shape index (κ1) is 22.0.